The third-order valence-corrected chi connectivity index (χ3v) is 4.37. The van der Waals surface area contributed by atoms with Gasteiger partial charge >= 0.3 is 0 Å². The van der Waals surface area contributed by atoms with E-state index < -0.39 is 15.8 Å². The number of rotatable bonds is 4. The van der Waals surface area contributed by atoms with Crippen LogP contribution in [-0.2, 0) is 16.6 Å². The fraction of sp³-hybridized carbons (Fsp3) is 0.100. The van der Waals surface area contributed by atoms with Crippen LogP contribution in [0.15, 0.2) is 23.4 Å². The molecule has 0 saturated heterocycles. The van der Waals surface area contributed by atoms with E-state index in [-0.39, 0.29) is 27.3 Å². The van der Waals surface area contributed by atoms with Gasteiger partial charge in [-0.25, -0.2) is 4.39 Å². The standard InChI is InChI=1S/C10H9Cl2FN4O2S/c11-7-1-6(13)2-8(12)9(7)17-20(18,19)10-5(3-14)4-15-16-10/h1-2,4,17H,3,14H2,(H,15,16). The third-order valence-electron chi connectivity index (χ3n) is 2.41. The minimum Gasteiger partial charge on any atom is -0.326 e. The Hall–Kier alpha value is -1.35. The summed E-state index contributed by atoms with van der Waals surface area (Å²) >= 11 is 11.5. The van der Waals surface area contributed by atoms with Crippen molar-refractivity contribution in [1.29, 1.82) is 0 Å². The van der Waals surface area contributed by atoms with Crippen LogP contribution < -0.4 is 10.5 Å². The summed E-state index contributed by atoms with van der Waals surface area (Å²) in [6, 6.07) is 1.89. The number of benzene rings is 1. The molecule has 20 heavy (non-hydrogen) atoms. The number of halogens is 3. The molecular weight excluding hydrogens is 330 g/mol. The monoisotopic (exact) mass is 338 g/mol. The van der Waals surface area contributed by atoms with Crippen molar-refractivity contribution in [1.82, 2.24) is 10.2 Å². The zero-order chi connectivity index (χ0) is 14.9. The predicted octanol–water partition coefficient (Wildman–Crippen LogP) is 2.12. The maximum atomic E-state index is 13.1. The lowest BCUT2D eigenvalue weighted by Crippen LogP contribution is -2.16. The van der Waals surface area contributed by atoms with Crippen molar-refractivity contribution in [2.24, 2.45) is 5.73 Å². The zero-order valence-electron chi connectivity index (χ0n) is 9.82. The lowest BCUT2D eigenvalue weighted by atomic mass is 10.3. The van der Waals surface area contributed by atoms with Crippen LogP contribution in [0, 0.1) is 5.82 Å². The van der Waals surface area contributed by atoms with Crippen LogP contribution in [0.25, 0.3) is 0 Å². The van der Waals surface area contributed by atoms with Gasteiger partial charge in [-0.1, -0.05) is 23.2 Å². The van der Waals surface area contributed by atoms with Gasteiger partial charge in [-0.05, 0) is 12.1 Å². The van der Waals surface area contributed by atoms with Crippen molar-refractivity contribution in [3.8, 4) is 0 Å². The molecule has 6 nitrogen and oxygen atoms in total. The average Bonchev–Trinajstić information content (AvgIpc) is 2.83. The van der Waals surface area contributed by atoms with E-state index in [0.29, 0.717) is 5.56 Å². The molecule has 0 atom stereocenters. The number of nitrogens with one attached hydrogen (secondary N) is 2. The number of H-pyrrole nitrogens is 1. The molecule has 4 N–H and O–H groups in total. The van der Waals surface area contributed by atoms with Crippen molar-refractivity contribution in [3.05, 3.63) is 39.8 Å². The molecule has 0 fully saturated rings. The van der Waals surface area contributed by atoms with E-state index in [1.807, 2.05) is 0 Å². The molecule has 10 heteroatoms. The smallest absolute Gasteiger partial charge is 0.279 e. The van der Waals surface area contributed by atoms with Gasteiger partial charge in [-0.2, -0.15) is 13.5 Å². The predicted molar refractivity (Wildman–Crippen MR) is 73.7 cm³/mol. The zero-order valence-corrected chi connectivity index (χ0v) is 12.2. The molecular formula is C10H9Cl2FN4O2S. The van der Waals surface area contributed by atoms with Gasteiger partial charge in [-0.3, -0.25) is 9.82 Å². The van der Waals surface area contributed by atoms with E-state index in [9.17, 15) is 12.8 Å². The first-order chi connectivity index (χ1) is 9.35. The lowest BCUT2D eigenvalue weighted by Gasteiger charge is -2.11. The number of hydrogen-bond donors (Lipinski definition) is 3. The molecule has 0 radical (unpaired) electrons. The normalized spacial score (nSPS) is 11.6. The van der Waals surface area contributed by atoms with E-state index in [2.05, 4.69) is 14.9 Å². The second-order valence-corrected chi connectivity index (χ2v) is 6.21. The van der Waals surface area contributed by atoms with E-state index in [0.717, 1.165) is 12.1 Å². The summed E-state index contributed by atoms with van der Waals surface area (Å²) in [7, 11) is -4.01. The van der Waals surface area contributed by atoms with E-state index in [1.165, 1.54) is 6.20 Å². The Morgan fingerprint density at radius 2 is 1.95 bits per heavy atom. The Kier molecular flexibility index (Phi) is 4.19. The van der Waals surface area contributed by atoms with Crippen LogP contribution in [-0.4, -0.2) is 18.6 Å². The van der Waals surface area contributed by atoms with E-state index in [4.69, 9.17) is 28.9 Å². The summed E-state index contributed by atoms with van der Waals surface area (Å²) in [5.74, 6) is -0.674. The van der Waals surface area contributed by atoms with Gasteiger partial charge in [0, 0.05) is 12.1 Å². The molecule has 0 aliphatic rings. The van der Waals surface area contributed by atoms with Gasteiger partial charge in [0.15, 0.2) is 5.03 Å². The van der Waals surface area contributed by atoms with Crippen LogP contribution in [0.3, 0.4) is 0 Å². The van der Waals surface area contributed by atoms with Gasteiger partial charge < -0.3 is 5.73 Å². The largest absolute Gasteiger partial charge is 0.326 e. The Bertz CT molecular complexity index is 724. The summed E-state index contributed by atoms with van der Waals surface area (Å²) < 4.78 is 39.6. The maximum absolute atomic E-state index is 13.1. The number of sulfonamides is 1. The van der Waals surface area contributed by atoms with Crippen LogP contribution in [0.5, 0.6) is 0 Å². The highest BCUT2D eigenvalue weighted by Crippen LogP contribution is 2.33. The minimum atomic E-state index is -4.01. The Balaban J connectivity index is 2.44. The second-order valence-electron chi connectivity index (χ2n) is 3.78. The molecule has 0 saturated carbocycles. The molecule has 1 aromatic heterocycles. The molecule has 1 heterocycles. The second kappa shape index (κ2) is 5.57. The first-order valence-electron chi connectivity index (χ1n) is 5.25. The molecule has 2 rings (SSSR count). The molecule has 0 aliphatic heterocycles. The van der Waals surface area contributed by atoms with Gasteiger partial charge in [0.25, 0.3) is 10.0 Å². The number of aromatic amines is 1. The Morgan fingerprint density at radius 1 is 1.35 bits per heavy atom. The molecule has 108 valence electrons. The van der Waals surface area contributed by atoms with Crippen LogP contribution >= 0.6 is 23.2 Å². The van der Waals surface area contributed by atoms with Crippen molar-refractivity contribution >= 4 is 38.9 Å². The fourth-order valence-electron chi connectivity index (χ4n) is 1.50. The molecule has 1 aromatic carbocycles. The average molecular weight is 339 g/mol. The number of nitrogens with two attached hydrogens (primary N) is 1. The van der Waals surface area contributed by atoms with Crippen molar-refractivity contribution < 1.29 is 12.8 Å². The topological polar surface area (TPSA) is 101 Å². The van der Waals surface area contributed by atoms with Gasteiger partial charge in [0.2, 0.25) is 0 Å². The quantitative estimate of drug-likeness (QED) is 0.794. The first kappa shape index (κ1) is 15.0. The molecule has 0 aliphatic carbocycles. The summed E-state index contributed by atoms with van der Waals surface area (Å²) in [5.41, 5.74) is 5.59. The lowest BCUT2D eigenvalue weighted by molar-refractivity contribution is 0.595. The Labute approximate surface area is 124 Å². The number of nitrogens with zero attached hydrogens (tertiary/aromatic N) is 1. The summed E-state index contributed by atoms with van der Waals surface area (Å²) in [4.78, 5) is 0. The Morgan fingerprint density at radius 3 is 2.50 bits per heavy atom. The molecule has 0 spiro atoms. The maximum Gasteiger partial charge on any atom is 0.279 e. The highest BCUT2D eigenvalue weighted by molar-refractivity contribution is 7.92. The van der Waals surface area contributed by atoms with Crippen LogP contribution in [0.1, 0.15) is 5.56 Å². The third kappa shape index (κ3) is 2.88. The van der Waals surface area contributed by atoms with Gasteiger partial charge in [-0.15, -0.1) is 0 Å². The van der Waals surface area contributed by atoms with Crippen LogP contribution in [0.4, 0.5) is 10.1 Å². The van der Waals surface area contributed by atoms with E-state index >= 15 is 0 Å². The minimum absolute atomic E-state index is 0.0162. The first-order valence-corrected chi connectivity index (χ1v) is 7.48. The molecule has 0 unspecified atom stereocenters. The summed E-state index contributed by atoms with van der Waals surface area (Å²) in [6.07, 6.45) is 1.29. The number of anilines is 1. The van der Waals surface area contributed by atoms with Crippen molar-refractivity contribution in [3.63, 3.8) is 0 Å². The highest BCUT2D eigenvalue weighted by atomic mass is 35.5. The van der Waals surface area contributed by atoms with Crippen molar-refractivity contribution in [2.75, 3.05) is 4.72 Å². The van der Waals surface area contributed by atoms with Crippen molar-refractivity contribution in [2.45, 2.75) is 11.6 Å². The van der Waals surface area contributed by atoms with Crippen LogP contribution in [0.2, 0.25) is 10.0 Å². The molecule has 2 aromatic rings. The van der Waals surface area contributed by atoms with Gasteiger partial charge in [0.1, 0.15) is 5.82 Å². The SMILES string of the molecule is NCc1cn[nH]c1S(=O)(=O)Nc1c(Cl)cc(F)cc1Cl. The molecule has 0 amide bonds. The summed E-state index contributed by atoms with van der Waals surface area (Å²) in [6.45, 7) is -0.0162. The summed E-state index contributed by atoms with van der Waals surface area (Å²) in [5, 5.41) is 5.42. The number of aromatic nitrogens is 2. The number of hydrogen-bond acceptors (Lipinski definition) is 4. The highest BCUT2D eigenvalue weighted by Gasteiger charge is 2.23. The molecule has 0 bridgehead atoms. The van der Waals surface area contributed by atoms with Gasteiger partial charge in [0.05, 0.1) is 21.9 Å². The van der Waals surface area contributed by atoms with E-state index in [1.54, 1.807) is 0 Å². The fourth-order valence-corrected chi connectivity index (χ4v) is 3.41.